The average Bonchev–Trinajstić information content (AvgIpc) is 2.55. The SMILES string of the molecule is O=S(=O)(O)c1nc2c(Cl)c(Cl)ccc2s1. The molecule has 0 bridgehead atoms. The van der Waals surface area contributed by atoms with Gasteiger partial charge in [0.25, 0.3) is 0 Å². The van der Waals surface area contributed by atoms with Crippen LogP contribution < -0.4 is 0 Å². The predicted octanol–water partition coefficient (Wildman–Crippen LogP) is 2.85. The third kappa shape index (κ3) is 1.95. The number of hydrogen-bond acceptors (Lipinski definition) is 4. The van der Waals surface area contributed by atoms with Crippen molar-refractivity contribution in [2.24, 2.45) is 0 Å². The van der Waals surface area contributed by atoms with Gasteiger partial charge in [0.2, 0.25) is 4.34 Å². The van der Waals surface area contributed by atoms with Crippen LogP contribution in [0.2, 0.25) is 10.0 Å². The van der Waals surface area contributed by atoms with Gasteiger partial charge >= 0.3 is 10.1 Å². The van der Waals surface area contributed by atoms with E-state index in [4.69, 9.17) is 27.8 Å². The summed E-state index contributed by atoms with van der Waals surface area (Å²) < 4.78 is 30.6. The zero-order valence-electron chi connectivity index (χ0n) is 6.94. The first-order valence-electron chi connectivity index (χ1n) is 3.61. The van der Waals surface area contributed by atoms with Gasteiger partial charge in [-0.3, -0.25) is 4.55 Å². The molecule has 1 aromatic carbocycles. The summed E-state index contributed by atoms with van der Waals surface area (Å²) >= 11 is 12.4. The number of nitrogens with zero attached hydrogens (tertiary/aromatic N) is 1. The van der Waals surface area contributed by atoms with Gasteiger partial charge in [0.1, 0.15) is 5.52 Å². The van der Waals surface area contributed by atoms with Crippen molar-refractivity contribution in [1.29, 1.82) is 0 Å². The fourth-order valence-corrected chi connectivity index (χ4v) is 3.05. The molecule has 1 aromatic heterocycles. The molecule has 0 saturated heterocycles. The lowest BCUT2D eigenvalue weighted by Crippen LogP contribution is -1.95. The molecule has 0 radical (unpaired) electrons. The molecule has 1 heterocycles. The van der Waals surface area contributed by atoms with Gasteiger partial charge in [-0.15, -0.1) is 11.3 Å². The third-order valence-corrected chi connectivity index (χ3v) is 4.68. The van der Waals surface area contributed by atoms with E-state index in [1.54, 1.807) is 6.07 Å². The number of fused-ring (bicyclic) bond motifs is 1. The van der Waals surface area contributed by atoms with E-state index in [0.29, 0.717) is 4.70 Å². The Hall–Kier alpha value is -0.400. The van der Waals surface area contributed by atoms with Crippen molar-refractivity contribution in [1.82, 2.24) is 4.98 Å². The molecule has 4 nitrogen and oxygen atoms in total. The number of halogens is 2. The zero-order valence-corrected chi connectivity index (χ0v) is 10.1. The second kappa shape index (κ2) is 3.57. The Morgan fingerprint density at radius 3 is 2.60 bits per heavy atom. The first-order chi connectivity index (χ1) is 6.89. The van der Waals surface area contributed by atoms with Crippen LogP contribution in [0.25, 0.3) is 10.2 Å². The summed E-state index contributed by atoms with van der Waals surface area (Å²) in [5.74, 6) is 0. The van der Waals surface area contributed by atoms with Gasteiger partial charge in [0.05, 0.1) is 14.7 Å². The molecule has 0 unspecified atom stereocenters. The predicted molar refractivity (Wildman–Crippen MR) is 59.5 cm³/mol. The van der Waals surface area contributed by atoms with E-state index >= 15 is 0 Å². The summed E-state index contributed by atoms with van der Waals surface area (Å²) in [6.45, 7) is 0. The van der Waals surface area contributed by atoms with E-state index in [-0.39, 0.29) is 19.9 Å². The number of aromatic nitrogens is 1. The maximum Gasteiger partial charge on any atom is 0.322 e. The Bertz CT molecular complexity index is 635. The largest absolute Gasteiger partial charge is 0.322 e. The summed E-state index contributed by atoms with van der Waals surface area (Å²) in [4.78, 5) is 3.71. The molecule has 1 N–H and O–H groups in total. The number of rotatable bonds is 1. The maximum atomic E-state index is 10.8. The van der Waals surface area contributed by atoms with Crippen LogP contribution in [0.3, 0.4) is 0 Å². The topological polar surface area (TPSA) is 67.3 Å². The lowest BCUT2D eigenvalue weighted by molar-refractivity contribution is 0.482. The second-order valence-electron chi connectivity index (χ2n) is 2.66. The van der Waals surface area contributed by atoms with Crippen LogP contribution >= 0.6 is 34.5 Å². The Balaban J connectivity index is 2.83. The molecule has 15 heavy (non-hydrogen) atoms. The maximum absolute atomic E-state index is 10.8. The van der Waals surface area contributed by atoms with Crippen molar-refractivity contribution >= 4 is 54.9 Å². The minimum Gasteiger partial charge on any atom is -0.280 e. The molecular weight excluding hydrogens is 281 g/mol. The van der Waals surface area contributed by atoms with Crippen molar-refractivity contribution in [2.45, 2.75) is 4.34 Å². The fraction of sp³-hybridized carbons (Fsp3) is 0. The molecule has 0 spiro atoms. The van der Waals surface area contributed by atoms with Crippen molar-refractivity contribution in [2.75, 3.05) is 0 Å². The fourth-order valence-electron chi connectivity index (χ4n) is 1.03. The highest BCUT2D eigenvalue weighted by atomic mass is 35.5. The minimum atomic E-state index is -4.29. The highest BCUT2D eigenvalue weighted by molar-refractivity contribution is 7.88. The molecule has 0 aliphatic rings. The number of hydrogen-bond donors (Lipinski definition) is 1. The lowest BCUT2D eigenvalue weighted by Gasteiger charge is -1.93. The van der Waals surface area contributed by atoms with Crippen LogP contribution in [0.15, 0.2) is 16.5 Å². The Kier molecular flexibility index (Phi) is 2.64. The van der Waals surface area contributed by atoms with Crippen LogP contribution in [-0.4, -0.2) is 18.0 Å². The molecule has 0 fully saturated rings. The summed E-state index contributed by atoms with van der Waals surface area (Å²) in [5.41, 5.74) is 0.279. The van der Waals surface area contributed by atoms with Crippen molar-refractivity contribution in [3.8, 4) is 0 Å². The van der Waals surface area contributed by atoms with E-state index in [0.717, 1.165) is 11.3 Å². The molecule has 0 amide bonds. The average molecular weight is 284 g/mol. The summed E-state index contributed by atoms with van der Waals surface area (Å²) in [6, 6.07) is 3.13. The third-order valence-electron chi connectivity index (χ3n) is 1.65. The molecular formula is C7H3Cl2NO3S2. The monoisotopic (exact) mass is 283 g/mol. The van der Waals surface area contributed by atoms with Crippen LogP contribution in [0.5, 0.6) is 0 Å². The van der Waals surface area contributed by atoms with Gasteiger partial charge in [-0.1, -0.05) is 23.2 Å². The van der Waals surface area contributed by atoms with Crippen molar-refractivity contribution in [3.63, 3.8) is 0 Å². The lowest BCUT2D eigenvalue weighted by atomic mass is 10.3. The molecule has 80 valence electrons. The van der Waals surface area contributed by atoms with Gasteiger partial charge in [0.15, 0.2) is 0 Å². The van der Waals surface area contributed by atoms with E-state index < -0.39 is 10.1 Å². The molecule has 8 heteroatoms. The standard InChI is InChI=1S/C7H3Cl2NO3S2/c8-3-1-2-4-6(5(3)9)10-7(14-4)15(11,12)13/h1-2H,(H,11,12,13). The molecule has 2 rings (SSSR count). The minimum absolute atomic E-state index is 0.181. The van der Waals surface area contributed by atoms with E-state index in [9.17, 15) is 8.42 Å². The highest BCUT2D eigenvalue weighted by Gasteiger charge is 2.18. The second-order valence-corrected chi connectivity index (χ2v) is 6.07. The summed E-state index contributed by atoms with van der Waals surface area (Å²) in [6.07, 6.45) is 0. The normalized spacial score (nSPS) is 12.2. The van der Waals surface area contributed by atoms with Gasteiger partial charge in [-0.25, -0.2) is 4.98 Å². The highest BCUT2D eigenvalue weighted by Crippen LogP contribution is 2.34. The van der Waals surface area contributed by atoms with Crippen LogP contribution in [0, 0.1) is 0 Å². The Morgan fingerprint density at radius 1 is 1.33 bits per heavy atom. The van der Waals surface area contributed by atoms with E-state index in [1.165, 1.54) is 6.07 Å². The van der Waals surface area contributed by atoms with Crippen LogP contribution in [0.4, 0.5) is 0 Å². The summed E-state index contributed by atoms with van der Waals surface area (Å²) in [5, 5.41) is 0.469. The van der Waals surface area contributed by atoms with Crippen LogP contribution in [0.1, 0.15) is 0 Å². The number of thiazole rings is 1. The number of benzene rings is 1. The Morgan fingerprint density at radius 2 is 2.00 bits per heavy atom. The first kappa shape index (κ1) is 11.1. The quantitative estimate of drug-likeness (QED) is 0.818. The van der Waals surface area contributed by atoms with Gasteiger partial charge in [-0.05, 0) is 12.1 Å². The molecule has 0 saturated carbocycles. The van der Waals surface area contributed by atoms with Gasteiger partial charge in [0, 0.05) is 0 Å². The zero-order chi connectivity index (χ0) is 11.2. The molecule has 0 atom stereocenters. The molecule has 2 aromatic rings. The molecule has 0 aliphatic heterocycles. The molecule has 0 aliphatic carbocycles. The smallest absolute Gasteiger partial charge is 0.280 e. The van der Waals surface area contributed by atoms with Gasteiger partial charge in [-0.2, -0.15) is 8.42 Å². The Labute approximate surface area is 99.2 Å². The summed E-state index contributed by atoms with van der Waals surface area (Å²) in [7, 11) is -4.29. The van der Waals surface area contributed by atoms with Crippen molar-refractivity contribution in [3.05, 3.63) is 22.2 Å². The van der Waals surface area contributed by atoms with E-state index in [1.807, 2.05) is 0 Å². The van der Waals surface area contributed by atoms with E-state index in [2.05, 4.69) is 4.98 Å². The first-order valence-corrected chi connectivity index (χ1v) is 6.63. The van der Waals surface area contributed by atoms with Gasteiger partial charge < -0.3 is 0 Å². The van der Waals surface area contributed by atoms with Crippen molar-refractivity contribution < 1.29 is 13.0 Å². The van der Waals surface area contributed by atoms with Crippen LogP contribution in [-0.2, 0) is 10.1 Å².